The highest BCUT2D eigenvalue weighted by molar-refractivity contribution is 7.13. The zero-order chi connectivity index (χ0) is 58.7. The Labute approximate surface area is 499 Å². The molecule has 9 heterocycles. The fourth-order valence-corrected chi connectivity index (χ4v) is 15.5. The van der Waals surface area contributed by atoms with Crippen molar-refractivity contribution in [2.24, 2.45) is 5.92 Å². The van der Waals surface area contributed by atoms with Crippen molar-refractivity contribution in [3.63, 3.8) is 0 Å². The summed E-state index contributed by atoms with van der Waals surface area (Å²) in [7, 11) is 0. The van der Waals surface area contributed by atoms with Crippen LogP contribution in [0.3, 0.4) is 0 Å². The third-order valence-electron chi connectivity index (χ3n) is 19.1. The Kier molecular flexibility index (Phi) is 15.6. The predicted octanol–water partition coefficient (Wildman–Crippen LogP) is 10.2. The van der Waals surface area contributed by atoms with Crippen molar-refractivity contribution in [3.8, 4) is 33.3 Å². The smallest absolute Gasteiger partial charge is 0.409 e. The van der Waals surface area contributed by atoms with Gasteiger partial charge in [-0.05, 0) is 135 Å². The molecule has 18 nitrogen and oxygen atoms in total. The number of anilines is 2. The number of piperazine rings is 2. The zero-order valence-corrected chi connectivity index (χ0v) is 50.0. The van der Waals surface area contributed by atoms with Crippen LogP contribution in [0.15, 0.2) is 82.8 Å². The molecule has 6 fully saturated rings. The topological polar surface area (TPSA) is 195 Å². The van der Waals surface area contributed by atoms with Crippen LogP contribution in [0.25, 0.3) is 43.2 Å². The minimum absolute atomic E-state index is 0.00688. The quantitative estimate of drug-likeness (QED) is 0.0826. The summed E-state index contributed by atoms with van der Waals surface area (Å²) in [6.07, 6.45) is 7.40. The lowest BCUT2D eigenvalue weighted by molar-refractivity contribution is -0.141. The molecule has 6 saturated heterocycles. The van der Waals surface area contributed by atoms with Gasteiger partial charge in [0, 0.05) is 81.0 Å². The molecule has 3 aromatic heterocycles. The van der Waals surface area contributed by atoms with E-state index in [2.05, 4.69) is 54.5 Å². The van der Waals surface area contributed by atoms with Gasteiger partial charge in [-0.15, -0.1) is 11.3 Å². The molecule has 85 heavy (non-hydrogen) atoms. The fourth-order valence-electron chi connectivity index (χ4n) is 14.7. The molecule has 4 aromatic carbocycles. The van der Waals surface area contributed by atoms with Crippen LogP contribution in [0.5, 0.6) is 11.8 Å². The number of nitrogens with zero attached hydrogens (tertiary/aromatic N) is 9. The van der Waals surface area contributed by atoms with Crippen LogP contribution in [0.2, 0.25) is 0 Å². The summed E-state index contributed by atoms with van der Waals surface area (Å²) in [6, 6.07) is 23.0. The summed E-state index contributed by atoms with van der Waals surface area (Å²) < 4.78 is 36.2. The van der Waals surface area contributed by atoms with Gasteiger partial charge in [0.15, 0.2) is 17.4 Å². The van der Waals surface area contributed by atoms with Crippen LogP contribution >= 0.6 is 11.3 Å². The van der Waals surface area contributed by atoms with E-state index in [1.807, 2.05) is 75.7 Å². The maximum Gasteiger partial charge on any atom is 0.409 e. The van der Waals surface area contributed by atoms with Gasteiger partial charge in [-0.2, -0.15) is 9.97 Å². The van der Waals surface area contributed by atoms with Crippen molar-refractivity contribution >= 4 is 62.6 Å². The molecule has 0 spiro atoms. The number of nitrogens with one attached hydrogen (secondary N) is 2. The number of thiazole rings is 1. The van der Waals surface area contributed by atoms with Gasteiger partial charge in [-0.3, -0.25) is 14.5 Å². The van der Waals surface area contributed by atoms with E-state index in [9.17, 15) is 19.5 Å². The third kappa shape index (κ3) is 10.9. The molecule has 7 atom stereocenters. The molecule has 3 unspecified atom stereocenters. The number of benzene rings is 4. The fraction of sp³-hybridized carbons (Fsp3) is 0.492. The Balaban J connectivity index is 0.630. The maximum absolute atomic E-state index is 17.4. The first kappa shape index (κ1) is 56.7. The number of hydrogen-bond donors (Lipinski definition) is 3. The maximum atomic E-state index is 17.4. The number of rotatable bonds is 16. The van der Waals surface area contributed by atoms with Crippen molar-refractivity contribution in [1.29, 1.82) is 0 Å². The number of carbonyl (C=O) groups is 3. The molecule has 0 aliphatic carbocycles. The highest BCUT2D eigenvalue weighted by Crippen LogP contribution is 2.45. The number of phenols is 1. The van der Waals surface area contributed by atoms with Crippen LogP contribution in [-0.4, -0.2) is 153 Å². The number of aromatic nitrogens is 4. The number of aryl methyl sites for hydroxylation is 2. The Bertz CT molecular complexity index is 3630. The normalized spacial score (nSPS) is 23.1. The minimum atomic E-state index is -0.633. The third-order valence-corrected chi connectivity index (χ3v) is 20.1. The van der Waals surface area contributed by atoms with Crippen molar-refractivity contribution in [2.75, 3.05) is 75.4 Å². The van der Waals surface area contributed by atoms with Crippen LogP contribution < -0.4 is 25.2 Å². The molecule has 446 valence electrons. The Morgan fingerprint density at radius 3 is 2.45 bits per heavy atom. The molecule has 0 saturated carbocycles. The molecule has 3 amide bonds. The molecule has 3 N–H and O–H groups in total. The van der Waals surface area contributed by atoms with E-state index in [-0.39, 0.29) is 65.3 Å². The Morgan fingerprint density at radius 2 is 1.69 bits per heavy atom. The number of amides is 3. The van der Waals surface area contributed by atoms with E-state index in [4.69, 9.17) is 24.0 Å². The van der Waals surface area contributed by atoms with E-state index < -0.39 is 17.8 Å². The average molecular weight is 1170 g/mol. The van der Waals surface area contributed by atoms with Gasteiger partial charge in [-0.1, -0.05) is 74.5 Å². The molecular weight excluding hydrogens is 1100 g/mol. The zero-order valence-electron chi connectivity index (χ0n) is 49.2. The molecule has 6 aliphatic rings. The van der Waals surface area contributed by atoms with Crippen molar-refractivity contribution in [1.82, 2.24) is 45.4 Å². The Morgan fingerprint density at radius 1 is 0.894 bits per heavy atom. The lowest BCUT2D eigenvalue weighted by atomic mass is 9.91. The van der Waals surface area contributed by atoms with Crippen LogP contribution in [-0.2, 0) is 20.7 Å². The second kappa shape index (κ2) is 23.5. The number of halogens is 1. The molecule has 6 aliphatic heterocycles. The highest BCUT2D eigenvalue weighted by Gasteiger charge is 2.50. The van der Waals surface area contributed by atoms with Crippen molar-refractivity contribution in [2.45, 2.75) is 134 Å². The minimum Gasteiger partial charge on any atom is -0.508 e. The molecule has 2 bridgehead atoms. The lowest BCUT2D eigenvalue weighted by Gasteiger charge is -2.36. The number of carbonyl (C=O) groups excluding carboxylic acids is 3. The van der Waals surface area contributed by atoms with Gasteiger partial charge >= 0.3 is 12.1 Å². The van der Waals surface area contributed by atoms with Gasteiger partial charge in [0.2, 0.25) is 11.8 Å². The SMILES string of the molecule is CCc1cccc2cc(O)cc(-c3ccc4c(N5CC6CCC(C5)N6)nc(OC[C@]56CCCN5[C@H](COC(=O)N5CCN(c7cc(C(C(=O)N8CCC[C@H]8C(=O)N[C@@H](C)c8ccc(-c9scnc9C)cc8)C(C)C)on7)CC5)CC6)nc4c3F)c12. The molecule has 7 aromatic rings. The number of likely N-dealkylation sites (tertiary alicyclic amines) is 1. The second-order valence-electron chi connectivity index (χ2n) is 24.7. The molecule has 20 heteroatoms. The van der Waals surface area contributed by atoms with Crippen LogP contribution in [0.1, 0.15) is 114 Å². The Hall–Kier alpha value is -7.42. The summed E-state index contributed by atoms with van der Waals surface area (Å²) in [6.45, 7) is 15.2. The first-order valence-electron chi connectivity index (χ1n) is 30.6. The average Bonchev–Trinajstić information content (AvgIpc) is 3.19. The number of hydrogen-bond acceptors (Lipinski definition) is 16. The van der Waals surface area contributed by atoms with Gasteiger partial charge < -0.3 is 49.3 Å². The number of aromatic hydroxyl groups is 1. The first-order chi connectivity index (χ1) is 41.2. The predicted molar refractivity (Wildman–Crippen MR) is 326 cm³/mol. The summed E-state index contributed by atoms with van der Waals surface area (Å²) in [5.41, 5.74) is 6.82. The van der Waals surface area contributed by atoms with E-state index in [0.29, 0.717) is 91.7 Å². The van der Waals surface area contributed by atoms with Crippen molar-refractivity contribution in [3.05, 3.63) is 107 Å². The largest absolute Gasteiger partial charge is 0.508 e. The molecular formula is C65H76FN11O7S. The summed E-state index contributed by atoms with van der Waals surface area (Å²) in [5, 5.41) is 24.6. The second-order valence-corrected chi connectivity index (χ2v) is 25.6. The number of phenolic OH excluding ortho intramolecular Hbond substituents is 1. The summed E-state index contributed by atoms with van der Waals surface area (Å²) in [4.78, 5) is 67.7. The van der Waals surface area contributed by atoms with Crippen LogP contribution in [0, 0.1) is 18.7 Å². The standard InChI is InChI=1S/C65H76FN11O7S/c1-6-41-10-7-11-44-30-48(78)31-51(56(41)44)49-19-20-50-58(57(49)66)70-63(71-60(50)75-33-45-17-18-46(34-75)69-45)83-36-65-22-9-25-77(65)47(21-23-65)35-82-64(81)74-28-26-73(27-29-74)54-32-53(84-72-54)55(38(2)3)62(80)76-24-8-12-52(76)61(79)68-39(4)42-13-15-43(16-14-42)59-40(5)67-37-85-59/h7,10-11,13-16,19-20,30-32,37-39,45-47,52,55,69,78H,6,8-9,12,17-18,21-29,33-36H2,1-5H3,(H,68,79)/t39-,45?,46?,47-,52-,55?,65+/m0/s1. The van der Waals surface area contributed by atoms with E-state index >= 15 is 4.39 Å². The van der Waals surface area contributed by atoms with Gasteiger partial charge in [-0.25, -0.2) is 14.2 Å². The van der Waals surface area contributed by atoms with E-state index in [0.717, 1.165) is 109 Å². The lowest BCUT2D eigenvalue weighted by Crippen LogP contribution is -2.51. The van der Waals surface area contributed by atoms with E-state index in [1.165, 1.54) is 0 Å². The van der Waals surface area contributed by atoms with E-state index in [1.54, 1.807) is 39.3 Å². The number of ether oxygens (including phenoxy) is 2. The van der Waals surface area contributed by atoms with Gasteiger partial charge in [0.05, 0.1) is 27.7 Å². The van der Waals surface area contributed by atoms with Crippen molar-refractivity contribution < 1.29 is 37.9 Å². The van der Waals surface area contributed by atoms with Gasteiger partial charge in [0.1, 0.15) is 42.3 Å². The monoisotopic (exact) mass is 1170 g/mol. The number of fused-ring (bicyclic) bond motifs is 5. The molecule has 13 rings (SSSR count). The van der Waals surface area contributed by atoms with Gasteiger partial charge in [0.25, 0.3) is 0 Å². The summed E-state index contributed by atoms with van der Waals surface area (Å²) in [5.74, 6) is 0.231. The van der Waals surface area contributed by atoms with Crippen LogP contribution in [0.4, 0.5) is 20.8 Å². The highest BCUT2D eigenvalue weighted by atomic mass is 32.1. The molecule has 0 radical (unpaired) electrons. The summed E-state index contributed by atoms with van der Waals surface area (Å²) >= 11 is 1.61. The first-order valence-corrected chi connectivity index (χ1v) is 31.5.